The largest absolute Gasteiger partial charge is 0.465 e. The number of carbonyl (C=O) groups is 1. The van der Waals surface area contributed by atoms with Gasteiger partial charge in [-0.3, -0.25) is 0 Å². The van der Waals surface area contributed by atoms with Gasteiger partial charge in [-0.2, -0.15) is 4.98 Å². The van der Waals surface area contributed by atoms with Crippen molar-refractivity contribution in [2.45, 2.75) is 46.0 Å². The van der Waals surface area contributed by atoms with E-state index in [2.05, 4.69) is 35.8 Å². The Morgan fingerprint density at radius 3 is 2.61 bits per heavy atom. The van der Waals surface area contributed by atoms with Crippen LogP contribution in [0.5, 0.6) is 0 Å². The molecule has 4 rings (SSSR count). The van der Waals surface area contributed by atoms with E-state index in [1.54, 1.807) is 0 Å². The van der Waals surface area contributed by atoms with Gasteiger partial charge in [-0.05, 0) is 48.8 Å². The summed E-state index contributed by atoms with van der Waals surface area (Å²) in [7, 11) is 0. The number of carboxylic acid groups (broad SMARTS) is 1. The molecule has 1 unspecified atom stereocenters. The minimum absolute atomic E-state index is 0.0517. The maximum absolute atomic E-state index is 11.5. The van der Waals surface area contributed by atoms with Gasteiger partial charge in [0.05, 0.1) is 5.92 Å². The van der Waals surface area contributed by atoms with Gasteiger partial charge in [0, 0.05) is 13.1 Å². The average Bonchev–Trinajstić information content (AvgIpc) is 2.96. The Morgan fingerprint density at radius 2 is 2.09 bits per heavy atom. The molecule has 7 nitrogen and oxygen atoms in total. The first-order valence-electron chi connectivity index (χ1n) is 8.40. The summed E-state index contributed by atoms with van der Waals surface area (Å²) in [6.45, 7) is 9.87. The molecule has 1 N–H and O–H groups in total. The van der Waals surface area contributed by atoms with Crippen LogP contribution in [-0.2, 0) is 0 Å². The molecule has 3 saturated heterocycles. The first-order valence-corrected chi connectivity index (χ1v) is 8.40. The van der Waals surface area contributed by atoms with Crippen LogP contribution in [0.1, 0.15) is 51.8 Å². The number of amides is 1. The molecule has 0 aromatic carbocycles. The van der Waals surface area contributed by atoms with E-state index in [1.165, 1.54) is 4.90 Å². The molecule has 4 heterocycles. The summed E-state index contributed by atoms with van der Waals surface area (Å²) < 4.78 is 5.43. The number of rotatable bonds is 4. The number of anilines is 1. The van der Waals surface area contributed by atoms with Crippen molar-refractivity contribution < 1.29 is 14.4 Å². The van der Waals surface area contributed by atoms with Gasteiger partial charge >= 0.3 is 6.09 Å². The van der Waals surface area contributed by atoms with E-state index < -0.39 is 6.09 Å². The number of hydrogen-bond donors (Lipinski definition) is 1. The van der Waals surface area contributed by atoms with Crippen molar-refractivity contribution in [2.75, 3.05) is 31.1 Å². The van der Waals surface area contributed by atoms with Crippen LogP contribution >= 0.6 is 0 Å². The summed E-state index contributed by atoms with van der Waals surface area (Å²) in [5.74, 6) is 1.60. The van der Waals surface area contributed by atoms with Gasteiger partial charge in [-0.15, -0.1) is 0 Å². The average molecular weight is 322 g/mol. The van der Waals surface area contributed by atoms with Gasteiger partial charge in [-0.25, -0.2) is 9.69 Å². The Kier molecular flexibility index (Phi) is 4.31. The fourth-order valence-electron chi connectivity index (χ4n) is 3.46. The van der Waals surface area contributed by atoms with Crippen LogP contribution in [0.4, 0.5) is 10.7 Å². The maximum Gasteiger partial charge on any atom is 0.414 e. The zero-order chi connectivity index (χ0) is 16.6. The molecule has 2 bridgehead atoms. The maximum atomic E-state index is 11.5. The second kappa shape index (κ2) is 6.11. The van der Waals surface area contributed by atoms with E-state index >= 15 is 0 Å². The molecule has 128 valence electrons. The fraction of sp³-hybridized carbons (Fsp3) is 0.812. The van der Waals surface area contributed by atoms with E-state index in [0.29, 0.717) is 18.4 Å². The van der Waals surface area contributed by atoms with Crippen LogP contribution in [-0.4, -0.2) is 52.4 Å². The van der Waals surface area contributed by atoms with Crippen LogP contribution in [0, 0.1) is 11.3 Å². The standard InChI is InChI=1S/C16H26N4O3/c1-16(2,3)6-9-20(15(21)22)14-17-13(23-18-14)12-10-19-7-4-11(12)5-8-19/h11-12H,4-10H2,1-3H3,(H,21,22). The van der Waals surface area contributed by atoms with Gasteiger partial charge in [0.25, 0.3) is 5.95 Å². The zero-order valence-electron chi connectivity index (χ0n) is 14.2. The predicted octanol–water partition coefficient (Wildman–Crippen LogP) is 2.80. The lowest BCUT2D eigenvalue weighted by Crippen LogP contribution is -2.46. The van der Waals surface area contributed by atoms with Crippen molar-refractivity contribution in [3.63, 3.8) is 0 Å². The SMILES string of the molecule is CC(C)(C)CCN(C(=O)O)c1noc(C2CN3CCC2CC3)n1. The molecule has 7 heteroatoms. The second-order valence-electron chi connectivity index (χ2n) is 7.92. The molecule has 23 heavy (non-hydrogen) atoms. The summed E-state index contributed by atoms with van der Waals surface area (Å²) in [5, 5.41) is 13.4. The molecule has 0 spiro atoms. The minimum atomic E-state index is -1.03. The Labute approximate surface area is 136 Å². The molecule has 3 aliphatic heterocycles. The van der Waals surface area contributed by atoms with Crippen molar-refractivity contribution in [3.8, 4) is 0 Å². The normalized spacial score (nSPS) is 27.2. The lowest BCUT2D eigenvalue weighted by Gasteiger charge is -2.43. The second-order valence-corrected chi connectivity index (χ2v) is 7.92. The van der Waals surface area contributed by atoms with Crippen molar-refractivity contribution in [1.82, 2.24) is 15.0 Å². The molecule has 3 fully saturated rings. The van der Waals surface area contributed by atoms with Crippen molar-refractivity contribution in [3.05, 3.63) is 5.89 Å². The summed E-state index contributed by atoms with van der Waals surface area (Å²) in [6.07, 6.45) is 2.03. The Morgan fingerprint density at radius 1 is 1.39 bits per heavy atom. The third-order valence-corrected chi connectivity index (χ3v) is 4.96. The first-order chi connectivity index (χ1) is 10.8. The zero-order valence-corrected chi connectivity index (χ0v) is 14.2. The highest BCUT2D eigenvalue weighted by Crippen LogP contribution is 2.38. The van der Waals surface area contributed by atoms with Crippen molar-refractivity contribution >= 4 is 12.0 Å². The van der Waals surface area contributed by atoms with Crippen molar-refractivity contribution in [1.29, 1.82) is 0 Å². The quantitative estimate of drug-likeness (QED) is 0.918. The van der Waals surface area contributed by atoms with Crippen LogP contribution < -0.4 is 4.90 Å². The van der Waals surface area contributed by atoms with Crippen LogP contribution in [0.2, 0.25) is 0 Å². The first kappa shape index (κ1) is 16.2. The summed E-state index contributed by atoms with van der Waals surface area (Å²) >= 11 is 0. The molecular formula is C16H26N4O3. The Bertz CT molecular complexity index is 558. The van der Waals surface area contributed by atoms with Gasteiger partial charge in [-0.1, -0.05) is 20.8 Å². The lowest BCUT2D eigenvalue weighted by molar-refractivity contribution is 0.0727. The molecule has 0 saturated carbocycles. The minimum Gasteiger partial charge on any atom is -0.465 e. The van der Waals surface area contributed by atoms with Crippen LogP contribution in [0.3, 0.4) is 0 Å². The van der Waals surface area contributed by atoms with E-state index in [4.69, 9.17) is 4.52 Å². The van der Waals surface area contributed by atoms with Gasteiger partial charge in [0.2, 0.25) is 5.89 Å². The monoisotopic (exact) mass is 322 g/mol. The van der Waals surface area contributed by atoms with Gasteiger partial charge in [0.1, 0.15) is 0 Å². The highest BCUT2D eigenvalue weighted by Gasteiger charge is 2.38. The van der Waals surface area contributed by atoms with Gasteiger partial charge in [0.15, 0.2) is 0 Å². The topological polar surface area (TPSA) is 82.7 Å². The number of fused-ring (bicyclic) bond motifs is 3. The summed E-state index contributed by atoms with van der Waals surface area (Å²) in [5.41, 5.74) is 0.0517. The predicted molar refractivity (Wildman–Crippen MR) is 85.6 cm³/mol. The number of piperidine rings is 3. The lowest BCUT2D eigenvalue weighted by atomic mass is 9.79. The third kappa shape index (κ3) is 3.65. The van der Waals surface area contributed by atoms with Crippen LogP contribution in [0.15, 0.2) is 4.52 Å². The molecule has 0 aliphatic carbocycles. The molecule has 1 aromatic rings. The highest BCUT2D eigenvalue weighted by atomic mass is 16.5. The van der Waals surface area contributed by atoms with Crippen molar-refractivity contribution in [2.24, 2.45) is 11.3 Å². The third-order valence-electron chi connectivity index (χ3n) is 4.96. The number of hydrogen-bond acceptors (Lipinski definition) is 5. The van der Waals surface area contributed by atoms with E-state index in [1.807, 2.05) is 0 Å². The summed E-state index contributed by atoms with van der Waals surface area (Å²) in [6, 6.07) is 0. The van der Waals surface area contributed by atoms with Crippen LogP contribution in [0.25, 0.3) is 0 Å². The Hall–Kier alpha value is -1.63. The fourth-order valence-corrected chi connectivity index (χ4v) is 3.46. The van der Waals surface area contributed by atoms with E-state index in [0.717, 1.165) is 38.9 Å². The van der Waals surface area contributed by atoms with E-state index in [9.17, 15) is 9.90 Å². The molecule has 0 radical (unpaired) electrons. The molecule has 1 atom stereocenters. The molecule has 3 aliphatic rings. The molecule has 1 aromatic heterocycles. The van der Waals surface area contributed by atoms with E-state index in [-0.39, 0.29) is 17.3 Å². The molecular weight excluding hydrogens is 296 g/mol. The number of aromatic nitrogens is 2. The highest BCUT2D eigenvalue weighted by molar-refractivity contribution is 5.83. The number of nitrogens with zero attached hydrogens (tertiary/aromatic N) is 4. The molecule has 1 amide bonds. The smallest absolute Gasteiger partial charge is 0.414 e. The van der Waals surface area contributed by atoms with Gasteiger partial charge < -0.3 is 14.5 Å². The summed E-state index contributed by atoms with van der Waals surface area (Å²) in [4.78, 5) is 19.6. The Balaban J connectivity index is 1.72.